The molecule has 0 heterocycles. The van der Waals surface area contributed by atoms with Gasteiger partial charge in [0, 0.05) is 25.7 Å². The van der Waals surface area contributed by atoms with Crippen LogP contribution in [0.3, 0.4) is 0 Å². The van der Waals surface area contributed by atoms with Crippen molar-refractivity contribution in [3.05, 3.63) is 0 Å². The summed E-state index contributed by atoms with van der Waals surface area (Å²) in [7, 11) is -9.91. The van der Waals surface area contributed by atoms with E-state index in [-0.39, 0.29) is 25.7 Å². The van der Waals surface area contributed by atoms with Crippen LogP contribution in [-0.4, -0.2) is 96.7 Å². The highest BCUT2D eigenvalue weighted by atomic mass is 31.2. The summed E-state index contributed by atoms with van der Waals surface area (Å²) >= 11 is 0. The molecule has 0 bridgehead atoms. The molecule has 0 aliphatic heterocycles. The van der Waals surface area contributed by atoms with E-state index in [0.717, 1.165) is 102 Å². The average molecular weight is 1410 g/mol. The first-order valence-electron chi connectivity index (χ1n) is 40.0. The van der Waals surface area contributed by atoms with Crippen LogP contribution in [0, 0.1) is 11.8 Å². The molecule has 0 fully saturated rings. The van der Waals surface area contributed by atoms with Crippen molar-refractivity contribution in [2.75, 3.05) is 39.6 Å². The largest absolute Gasteiger partial charge is 0.472 e. The lowest BCUT2D eigenvalue weighted by atomic mass is 10.0. The first-order valence-corrected chi connectivity index (χ1v) is 43.0. The van der Waals surface area contributed by atoms with Crippen molar-refractivity contribution in [1.82, 2.24) is 0 Å². The average Bonchev–Trinajstić information content (AvgIpc) is 1.09. The molecule has 0 spiro atoms. The maximum Gasteiger partial charge on any atom is 0.472 e. The molecule has 0 saturated heterocycles. The zero-order valence-corrected chi connectivity index (χ0v) is 64.5. The summed E-state index contributed by atoms with van der Waals surface area (Å²) in [5.41, 5.74) is 0. The number of rotatable bonds is 76. The third-order valence-corrected chi connectivity index (χ3v) is 19.9. The Labute approximate surface area is 588 Å². The molecule has 19 heteroatoms. The Bertz CT molecular complexity index is 1860. The Morgan fingerprint density at radius 1 is 0.281 bits per heavy atom. The molecule has 96 heavy (non-hydrogen) atoms. The monoisotopic (exact) mass is 1410 g/mol. The van der Waals surface area contributed by atoms with Crippen molar-refractivity contribution in [1.29, 1.82) is 0 Å². The Kier molecular flexibility index (Phi) is 67.4. The third kappa shape index (κ3) is 70.5. The molecule has 3 N–H and O–H groups in total. The number of phosphoric ester groups is 2. The third-order valence-electron chi connectivity index (χ3n) is 18.0. The molecule has 2 unspecified atom stereocenters. The van der Waals surface area contributed by atoms with E-state index in [1.54, 1.807) is 0 Å². The Morgan fingerprint density at radius 2 is 0.479 bits per heavy atom. The van der Waals surface area contributed by atoms with E-state index in [0.29, 0.717) is 31.6 Å². The molecule has 0 aromatic carbocycles. The van der Waals surface area contributed by atoms with E-state index < -0.39 is 97.5 Å². The molecule has 0 aliphatic carbocycles. The van der Waals surface area contributed by atoms with Gasteiger partial charge in [-0.05, 0) is 37.5 Å². The molecule has 0 aromatic heterocycles. The number of aliphatic hydroxyl groups is 1. The van der Waals surface area contributed by atoms with E-state index in [4.69, 9.17) is 37.0 Å². The lowest BCUT2D eigenvalue weighted by molar-refractivity contribution is -0.161. The fraction of sp³-hybridized carbons (Fsp3) is 0.948. The Hall–Kier alpha value is -1.94. The second-order valence-corrected chi connectivity index (χ2v) is 31.6. The lowest BCUT2D eigenvalue weighted by Gasteiger charge is -2.21. The van der Waals surface area contributed by atoms with Crippen molar-refractivity contribution < 1.29 is 80.2 Å². The van der Waals surface area contributed by atoms with Gasteiger partial charge in [0.15, 0.2) is 12.2 Å². The number of carbonyl (C=O) groups is 4. The SMILES string of the molecule is CCCCCCCCCCCCCCCCCCCCC(=O)O[C@H](COC(=O)CCCCCCCCCCCCCCCCC)COP(=O)(O)OC[C@@H](O)COP(=O)(O)OC[C@@H](COC(=O)CCCCCCCCCC(C)C)OC(=O)CCCCCCCCCCCCC(C)C. The highest BCUT2D eigenvalue weighted by Crippen LogP contribution is 2.45. The van der Waals surface area contributed by atoms with Gasteiger partial charge in [0.25, 0.3) is 0 Å². The number of phosphoric acid groups is 2. The van der Waals surface area contributed by atoms with Crippen molar-refractivity contribution in [3.8, 4) is 0 Å². The van der Waals surface area contributed by atoms with Gasteiger partial charge < -0.3 is 33.8 Å². The molecule has 0 radical (unpaired) electrons. The van der Waals surface area contributed by atoms with Crippen LogP contribution in [-0.2, 0) is 65.4 Å². The van der Waals surface area contributed by atoms with E-state index in [1.807, 2.05) is 0 Å². The first-order chi connectivity index (χ1) is 46.4. The second-order valence-electron chi connectivity index (χ2n) is 28.7. The maximum atomic E-state index is 13.1. The molecule has 0 amide bonds. The van der Waals surface area contributed by atoms with Gasteiger partial charge in [0.1, 0.15) is 19.3 Å². The molecule has 570 valence electrons. The van der Waals surface area contributed by atoms with Gasteiger partial charge in [-0.15, -0.1) is 0 Å². The van der Waals surface area contributed by atoms with Gasteiger partial charge in [0.05, 0.1) is 26.4 Å². The summed E-state index contributed by atoms with van der Waals surface area (Å²) < 4.78 is 68.6. The molecule has 0 rings (SSSR count). The second kappa shape index (κ2) is 68.8. The van der Waals surface area contributed by atoms with Crippen molar-refractivity contribution in [2.45, 2.75) is 419 Å². The normalized spacial score (nSPS) is 14.0. The number of carbonyl (C=O) groups excluding carboxylic acids is 4. The van der Waals surface area contributed by atoms with Crippen LogP contribution in [0.15, 0.2) is 0 Å². The minimum atomic E-state index is -4.96. The van der Waals surface area contributed by atoms with Gasteiger partial charge in [0.2, 0.25) is 0 Å². The minimum Gasteiger partial charge on any atom is -0.462 e. The number of hydrogen-bond acceptors (Lipinski definition) is 15. The zero-order chi connectivity index (χ0) is 70.7. The summed E-state index contributed by atoms with van der Waals surface area (Å²) in [6.07, 6.45) is 56.9. The molecular formula is C77H150O17P2. The van der Waals surface area contributed by atoms with Gasteiger partial charge in [-0.2, -0.15) is 0 Å². The van der Waals surface area contributed by atoms with Gasteiger partial charge in [-0.25, -0.2) is 9.13 Å². The number of unbranched alkanes of at least 4 members (excludes halogenated alkanes) is 46. The van der Waals surface area contributed by atoms with Crippen LogP contribution >= 0.6 is 15.6 Å². The number of aliphatic hydroxyl groups excluding tert-OH is 1. The quantitative estimate of drug-likeness (QED) is 0.0222. The predicted molar refractivity (Wildman–Crippen MR) is 391 cm³/mol. The predicted octanol–water partition coefficient (Wildman–Crippen LogP) is 22.7. The molecule has 5 atom stereocenters. The Balaban J connectivity index is 5.24. The van der Waals surface area contributed by atoms with E-state index in [2.05, 4.69) is 41.5 Å². The smallest absolute Gasteiger partial charge is 0.462 e. The van der Waals surface area contributed by atoms with Gasteiger partial charge >= 0.3 is 39.5 Å². The van der Waals surface area contributed by atoms with Gasteiger partial charge in [-0.3, -0.25) is 37.3 Å². The summed E-state index contributed by atoms with van der Waals surface area (Å²) in [4.78, 5) is 72.8. The van der Waals surface area contributed by atoms with Crippen LogP contribution in [0.2, 0.25) is 0 Å². The van der Waals surface area contributed by atoms with E-state index in [1.165, 1.54) is 212 Å². The van der Waals surface area contributed by atoms with Crippen molar-refractivity contribution in [2.24, 2.45) is 11.8 Å². The van der Waals surface area contributed by atoms with E-state index >= 15 is 0 Å². The highest BCUT2D eigenvalue weighted by Gasteiger charge is 2.30. The summed E-state index contributed by atoms with van der Waals surface area (Å²) in [5, 5.41) is 10.6. The fourth-order valence-electron chi connectivity index (χ4n) is 11.8. The van der Waals surface area contributed by atoms with Gasteiger partial charge in [-0.1, -0.05) is 350 Å². The summed E-state index contributed by atoms with van der Waals surface area (Å²) in [6, 6.07) is 0. The summed E-state index contributed by atoms with van der Waals surface area (Å²) in [5.74, 6) is -0.657. The molecule has 0 aromatic rings. The zero-order valence-electron chi connectivity index (χ0n) is 62.7. The highest BCUT2D eigenvalue weighted by molar-refractivity contribution is 7.47. The van der Waals surface area contributed by atoms with Crippen LogP contribution in [0.4, 0.5) is 0 Å². The first kappa shape index (κ1) is 94.1. The van der Waals surface area contributed by atoms with Crippen LogP contribution in [0.25, 0.3) is 0 Å². The van der Waals surface area contributed by atoms with E-state index in [9.17, 15) is 43.2 Å². The van der Waals surface area contributed by atoms with Crippen molar-refractivity contribution in [3.63, 3.8) is 0 Å². The topological polar surface area (TPSA) is 237 Å². The van der Waals surface area contributed by atoms with Crippen LogP contribution in [0.5, 0.6) is 0 Å². The van der Waals surface area contributed by atoms with Crippen LogP contribution in [0.1, 0.15) is 401 Å². The molecular weight excluding hydrogens is 1260 g/mol. The summed E-state index contributed by atoms with van der Waals surface area (Å²) in [6.45, 7) is 9.54. The number of ether oxygens (including phenoxy) is 4. The minimum absolute atomic E-state index is 0.105. The standard InChI is InChI=1S/C77H150O17P2/c1-7-9-11-13-15-17-19-21-23-24-25-27-29-31-36-42-49-55-61-76(81)93-72(65-87-74(79)59-53-47-41-35-30-28-26-22-20-18-16-14-12-10-8-2)67-91-95(83,84)89-63-71(78)64-90-96(85,86)92-68-73(66-88-75(80)60-54-48-44-38-40-46-52-58-70(5)6)94-77(82)62-56-50-43-37-33-32-34-39-45-51-57-69(3)4/h69-73,78H,7-68H2,1-6H3,(H,83,84)(H,85,86)/t71-,72-,73-/m1/s1. The maximum absolute atomic E-state index is 13.1. The number of hydrogen-bond donors (Lipinski definition) is 3. The number of esters is 4. The molecule has 0 saturated carbocycles. The van der Waals surface area contributed by atoms with Crippen molar-refractivity contribution >= 4 is 39.5 Å². The van der Waals surface area contributed by atoms with Crippen LogP contribution < -0.4 is 0 Å². The fourth-order valence-corrected chi connectivity index (χ4v) is 13.4. The Morgan fingerprint density at radius 3 is 0.708 bits per heavy atom. The molecule has 0 aliphatic rings. The molecule has 17 nitrogen and oxygen atoms in total. The lowest BCUT2D eigenvalue weighted by Crippen LogP contribution is -2.30.